The van der Waals surface area contributed by atoms with Crippen molar-refractivity contribution in [3.63, 3.8) is 0 Å². The predicted octanol–water partition coefficient (Wildman–Crippen LogP) is 4.24. The molecule has 0 radical (unpaired) electrons. The molecule has 0 N–H and O–H groups in total. The summed E-state index contributed by atoms with van der Waals surface area (Å²) in [5, 5.41) is 1.74. The molecule has 0 spiro atoms. The standard InChI is InChI=1S/C15H24Si/c1-3-11-16(12-5-4-6-13-16)15-9-7-14(2)8-10-15/h7-10H,3-6,11-13H2,1-2H3. The molecule has 0 amide bonds. The van der Waals surface area contributed by atoms with E-state index in [9.17, 15) is 0 Å². The van der Waals surface area contributed by atoms with Crippen LogP contribution in [0.2, 0.25) is 18.1 Å². The lowest BCUT2D eigenvalue weighted by atomic mass is 10.2. The second-order valence-corrected chi connectivity index (χ2v) is 10.1. The van der Waals surface area contributed by atoms with Crippen LogP contribution in [0.25, 0.3) is 0 Å². The Morgan fingerprint density at radius 3 is 2.19 bits per heavy atom. The summed E-state index contributed by atoms with van der Waals surface area (Å²) in [6.07, 6.45) is 5.82. The number of rotatable bonds is 3. The van der Waals surface area contributed by atoms with E-state index in [1.807, 2.05) is 0 Å². The number of aryl methyl sites for hydroxylation is 1. The maximum absolute atomic E-state index is 2.43. The molecule has 0 bridgehead atoms. The van der Waals surface area contributed by atoms with Crippen LogP contribution < -0.4 is 5.19 Å². The first-order valence-corrected chi connectivity index (χ1v) is 9.46. The molecule has 1 aromatic carbocycles. The van der Waals surface area contributed by atoms with E-state index in [1.165, 1.54) is 37.3 Å². The molecule has 0 aromatic heterocycles. The van der Waals surface area contributed by atoms with Gasteiger partial charge in [0.2, 0.25) is 0 Å². The van der Waals surface area contributed by atoms with Crippen LogP contribution in [0.5, 0.6) is 0 Å². The van der Waals surface area contributed by atoms with E-state index in [0.29, 0.717) is 0 Å². The normalized spacial score (nSPS) is 19.6. The van der Waals surface area contributed by atoms with E-state index in [1.54, 1.807) is 17.3 Å². The molecule has 0 saturated carbocycles. The van der Waals surface area contributed by atoms with Crippen molar-refractivity contribution in [1.29, 1.82) is 0 Å². The van der Waals surface area contributed by atoms with Gasteiger partial charge in [-0.05, 0) is 6.92 Å². The highest BCUT2D eigenvalue weighted by atomic mass is 28.3. The van der Waals surface area contributed by atoms with E-state index in [0.717, 1.165) is 0 Å². The highest BCUT2D eigenvalue weighted by Crippen LogP contribution is 2.32. The zero-order valence-corrected chi connectivity index (χ0v) is 11.8. The fraction of sp³-hybridized carbons (Fsp3) is 0.600. The van der Waals surface area contributed by atoms with Crippen molar-refractivity contribution < 1.29 is 0 Å². The molecule has 1 fully saturated rings. The molecular weight excluding hydrogens is 208 g/mol. The summed E-state index contributed by atoms with van der Waals surface area (Å²) in [5.41, 5.74) is 1.40. The summed E-state index contributed by atoms with van der Waals surface area (Å²) in [7, 11) is -1.08. The molecule has 1 aliphatic heterocycles. The van der Waals surface area contributed by atoms with Crippen LogP contribution in [0.4, 0.5) is 0 Å². The first kappa shape index (κ1) is 11.9. The summed E-state index contributed by atoms with van der Waals surface area (Å²) in [4.78, 5) is 0. The predicted molar refractivity (Wildman–Crippen MR) is 75.1 cm³/mol. The van der Waals surface area contributed by atoms with E-state index in [-0.39, 0.29) is 0 Å². The third kappa shape index (κ3) is 2.40. The topological polar surface area (TPSA) is 0 Å². The Labute approximate surface area is 101 Å². The molecule has 1 saturated heterocycles. The third-order valence-corrected chi connectivity index (χ3v) is 9.84. The molecule has 0 aliphatic carbocycles. The van der Waals surface area contributed by atoms with Crippen molar-refractivity contribution in [3.05, 3.63) is 29.8 Å². The van der Waals surface area contributed by atoms with Gasteiger partial charge in [0.1, 0.15) is 0 Å². The van der Waals surface area contributed by atoms with Gasteiger partial charge in [0.05, 0.1) is 8.07 Å². The lowest BCUT2D eigenvalue weighted by Crippen LogP contribution is -2.48. The molecule has 88 valence electrons. The molecule has 1 heterocycles. The molecule has 16 heavy (non-hydrogen) atoms. The van der Waals surface area contributed by atoms with Crippen LogP contribution in [-0.4, -0.2) is 8.07 Å². The van der Waals surface area contributed by atoms with Crippen LogP contribution >= 0.6 is 0 Å². The minimum absolute atomic E-state index is 1.08. The van der Waals surface area contributed by atoms with Gasteiger partial charge >= 0.3 is 0 Å². The monoisotopic (exact) mass is 232 g/mol. The second-order valence-electron chi connectivity index (χ2n) is 5.46. The maximum atomic E-state index is 2.43. The van der Waals surface area contributed by atoms with Crippen LogP contribution in [-0.2, 0) is 0 Å². The van der Waals surface area contributed by atoms with Gasteiger partial charge < -0.3 is 0 Å². The van der Waals surface area contributed by atoms with Gasteiger partial charge in [0.25, 0.3) is 0 Å². The van der Waals surface area contributed by atoms with Gasteiger partial charge in [0.15, 0.2) is 0 Å². The average Bonchev–Trinajstić information content (AvgIpc) is 2.31. The van der Waals surface area contributed by atoms with Crippen molar-refractivity contribution >= 4 is 13.3 Å². The quantitative estimate of drug-likeness (QED) is 0.684. The van der Waals surface area contributed by atoms with Crippen LogP contribution in [0.1, 0.15) is 38.2 Å². The van der Waals surface area contributed by atoms with Gasteiger partial charge in [-0.2, -0.15) is 0 Å². The van der Waals surface area contributed by atoms with Gasteiger partial charge in [-0.3, -0.25) is 0 Å². The van der Waals surface area contributed by atoms with Crippen molar-refractivity contribution in [2.45, 2.75) is 57.7 Å². The maximum Gasteiger partial charge on any atom is 0.0867 e. The fourth-order valence-corrected chi connectivity index (χ4v) is 8.60. The zero-order valence-electron chi connectivity index (χ0n) is 10.8. The molecule has 1 aliphatic rings. The largest absolute Gasteiger partial charge is 0.0867 e. The molecule has 2 rings (SSSR count). The van der Waals surface area contributed by atoms with E-state index >= 15 is 0 Å². The summed E-state index contributed by atoms with van der Waals surface area (Å²) in [6, 6.07) is 14.1. The van der Waals surface area contributed by atoms with Gasteiger partial charge in [-0.25, -0.2) is 0 Å². The Hall–Kier alpha value is -0.563. The summed E-state index contributed by atoms with van der Waals surface area (Å²) < 4.78 is 0. The molecule has 0 nitrogen and oxygen atoms in total. The zero-order chi connectivity index (χ0) is 11.4. The van der Waals surface area contributed by atoms with E-state index < -0.39 is 8.07 Å². The van der Waals surface area contributed by atoms with Crippen LogP contribution in [0, 0.1) is 6.92 Å². The summed E-state index contributed by atoms with van der Waals surface area (Å²) in [5.74, 6) is 0. The Morgan fingerprint density at radius 1 is 1.00 bits per heavy atom. The van der Waals surface area contributed by atoms with Gasteiger partial charge in [-0.15, -0.1) is 0 Å². The molecule has 0 atom stereocenters. The third-order valence-electron chi connectivity index (χ3n) is 4.20. The average molecular weight is 232 g/mol. The van der Waals surface area contributed by atoms with E-state index in [4.69, 9.17) is 0 Å². The van der Waals surface area contributed by atoms with Crippen molar-refractivity contribution in [1.82, 2.24) is 0 Å². The van der Waals surface area contributed by atoms with Crippen molar-refractivity contribution in [2.75, 3.05) is 0 Å². The lowest BCUT2D eigenvalue weighted by molar-refractivity contribution is 0.708. The van der Waals surface area contributed by atoms with Gasteiger partial charge in [0, 0.05) is 0 Å². The Balaban J connectivity index is 2.26. The molecular formula is C15H24Si. The minimum atomic E-state index is -1.08. The van der Waals surface area contributed by atoms with E-state index in [2.05, 4.69) is 38.1 Å². The Kier molecular flexibility index (Phi) is 3.85. The first-order chi connectivity index (χ1) is 7.77. The summed E-state index contributed by atoms with van der Waals surface area (Å²) in [6.45, 7) is 4.55. The van der Waals surface area contributed by atoms with Crippen molar-refractivity contribution in [2.24, 2.45) is 0 Å². The minimum Gasteiger partial charge on any atom is -0.0656 e. The molecule has 1 aromatic rings. The smallest absolute Gasteiger partial charge is 0.0656 e. The SMILES string of the molecule is CCC[Si]1(c2ccc(C)cc2)CCCCC1. The number of hydrogen-bond donors (Lipinski definition) is 0. The first-order valence-electron chi connectivity index (χ1n) is 6.84. The lowest BCUT2D eigenvalue weighted by Gasteiger charge is -2.35. The van der Waals surface area contributed by atoms with Gasteiger partial charge in [-0.1, -0.05) is 85.8 Å². The highest BCUT2D eigenvalue weighted by molar-refractivity contribution is 6.92. The Bertz CT molecular complexity index is 314. The van der Waals surface area contributed by atoms with Crippen LogP contribution in [0.15, 0.2) is 24.3 Å². The molecule has 0 unspecified atom stereocenters. The highest BCUT2D eigenvalue weighted by Gasteiger charge is 2.34. The Morgan fingerprint density at radius 2 is 1.62 bits per heavy atom. The summed E-state index contributed by atoms with van der Waals surface area (Å²) >= 11 is 0. The molecule has 1 heteroatoms. The van der Waals surface area contributed by atoms with Crippen molar-refractivity contribution in [3.8, 4) is 0 Å². The fourth-order valence-electron chi connectivity index (χ4n) is 3.30. The number of hydrogen-bond acceptors (Lipinski definition) is 0. The number of benzene rings is 1. The second kappa shape index (κ2) is 5.18. The van der Waals surface area contributed by atoms with Crippen LogP contribution in [0.3, 0.4) is 0 Å².